The van der Waals surface area contributed by atoms with Crippen LogP contribution < -0.4 is 5.73 Å². The number of rotatable bonds is 3. The molecule has 0 spiro atoms. The van der Waals surface area contributed by atoms with Gasteiger partial charge in [0.1, 0.15) is 5.82 Å². The molecular weight excluding hydrogens is 331 g/mol. The summed E-state index contributed by atoms with van der Waals surface area (Å²) in [5.74, 6) is 0.890. The molecule has 0 saturated carbocycles. The minimum Gasteiger partial charge on any atom is -0.368 e. The summed E-state index contributed by atoms with van der Waals surface area (Å²) in [5, 5.41) is 5.45. The Bertz CT molecular complexity index is 1140. The van der Waals surface area contributed by atoms with E-state index >= 15 is 0 Å². The molecule has 0 unspecified atom stereocenters. The minimum absolute atomic E-state index is 0.178. The molecule has 1 aliphatic rings. The van der Waals surface area contributed by atoms with Gasteiger partial charge in [0.05, 0.1) is 5.52 Å². The second-order valence-electron chi connectivity index (χ2n) is 6.62. The highest BCUT2D eigenvalue weighted by Crippen LogP contribution is 2.24. The molecule has 4 aromatic rings. The van der Waals surface area contributed by atoms with Crippen LogP contribution in [0.5, 0.6) is 0 Å². The number of nitrogens with zero attached hydrogens (tertiary/aromatic N) is 5. The zero-order valence-electron chi connectivity index (χ0n) is 14.1. The predicted molar refractivity (Wildman–Crippen MR) is 96.9 cm³/mol. The number of nitrogens with two attached hydrogens (primary N) is 1. The highest BCUT2D eigenvalue weighted by molar-refractivity contribution is 5.92. The largest absolute Gasteiger partial charge is 0.368 e. The normalized spacial score (nSPS) is 14.3. The monoisotopic (exact) mass is 348 g/mol. The van der Waals surface area contributed by atoms with E-state index in [4.69, 9.17) is 5.73 Å². The molecule has 0 atom stereocenters. The number of fused-ring (bicyclic) bond motifs is 4. The van der Waals surface area contributed by atoms with Gasteiger partial charge in [0, 0.05) is 31.4 Å². The third-order valence-corrected chi connectivity index (χ3v) is 4.86. The number of hydrogen-bond donors (Lipinski definition) is 1. The predicted octanol–water partition coefficient (Wildman–Crippen LogP) is 2.56. The van der Waals surface area contributed by atoms with Gasteiger partial charge in [-0.1, -0.05) is 18.2 Å². The average molecular weight is 348 g/mol. The zero-order valence-corrected chi connectivity index (χ0v) is 14.1. The van der Waals surface area contributed by atoms with Gasteiger partial charge in [-0.25, -0.2) is 14.4 Å². The lowest BCUT2D eigenvalue weighted by molar-refractivity contribution is 0.286. The summed E-state index contributed by atoms with van der Waals surface area (Å²) in [6, 6.07) is 12.8. The summed E-state index contributed by atoms with van der Waals surface area (Å²) in [6.07, 6.45) is 0.700. The molecule has 6 nitrogen and oxygen atoms in total. The maximum absolute atomic E-state index is 13.4. The minimum atomic E-state index is -0.178. The zero-order chi connectivity index (χ0) is 17.7. The molecule has 2 aromatic carbocycles. The quantitative estimate of drug-likeness (QED) is 0.616. The van der Waals surface area contributed by atoms with E-state index in [9.17, 15) is 4.39 Å². The fraction of sp³-hybridized carbons (Fsp3) is 0.211. The molecule has 7 heteroatoms. The average Bonchev–Trinajstić information content (AvgIpc) is 3.24. The fourth-order valence-corrected chi connectivity index (χ4v) is 3.58. The van der Waals surface area contributed by atoms with Crippen molar-refractivity contribution in [2.45, 2.75) is 19.5 Å². The molecule has 3 heterocycles. The van der Waals surface area contributed by atoms with E-state index in [1.165, 1.54) is 11.6 Å². The van der Waals surface area contributed by atoms with Crippen molar-refractivity contribution in [1.82, 2.24) is 24.5 Å². The van der Waals surface area contributed by atoms with Gasteiger partial charge < -0.3 is 5.73 Å². The van der Waals surface area contributed by atoms with Crippen LogP contribution >= 0.6 is 0 Å². The summed E-state index contributed by atoms with van der Waals surface area (Å²) in [7, 11) is 0. The Kier molecular flexibility index (Phi) is 3.36. The number of benzene rings is 2. The van der Waals surface area contributed by atoms with Crippen molar-refractivity contribution in [3.05, 3.63) is 65.2 Å². The molecule has 0 fully saturated rings. The maximum atomic E-state index is 13.4. The number of para-hydroxylation sites is 1. The lowest BCUT2D eigenvalue weighted by atomic mass is 10.1. The number of aromatic nitrogens is 4. The van der Waals surface area contributed by atoms with E-state index in [1.807, 2.05) is 30.3 Å². The van der Waals surface area contributed by atoms with Crippen LogP contribution in [0.15, 0.2) is 42.5 Å². The van der Waals surface area contributed by atoms with Crippen LogP contribution in [0.4, 0.5) is 10.3 Å². The van der Waals surface area contributed by atoms with Crippen molar-refractivity contribution in [3.63, 3.8) is 0 Å². The number of hydrogen-bond acceptors (Lipinski definition) is 5. The first-order chi connectivity index (χ1) is 12.7. The Balaban J connectivity index is 1.39. The topological polar surface area (TPSA) is 72.3 Å². The third kappa shape index (κ3) is 2.48. The molecule has 0 aliphatic carbocycles. The van der Waals surface area contributed by atoms with Crippen LogP contribution in [0.25, 0.3) is 16.6 Å². The first-order valence-corrected chi connectivity index (χ1v) is 8.57. The Labute approximate surface area is 149 Å². The van der Waals surface area contributed by atoms with Gasteiger partial charge in [0.25, 0.3) is 0 Å². The van der Waals surface area contributed by atoms with Crippen molar-refractivity contribution in [2.24, 2.45) is 0 Å². The molecular formula is C19H17FN6. The maximum Gasteiger partial charge on any atom is 0.223 e. The summed E-state index contributed by atoms with van der Waals surface area (Å²) in [4.78, 5) is 11.3. The summed E-state index contributed by atoms with van der Waals surface area (Å²) < 4.78 is 15.0. The van der Waals surface area contributed by atoms with Crippen LogP contribution in [0, 0.1) is 5.82 Å². The lowest BCUT2D eigenvalue weighted by Gasteiger charge is -2.12. The van der Waals surface area contributed by atoms with Gasteiger partial charge in [-0.15, -0.1) is 5.10 Å². The van der Waals surface area contributed by atoms with Crippen molar-refractivity contribution < 1.29 is 4.39 Å². The Morgan fingerprint density at radius 2 is 1.88 bits per heavy atom. The molecule has 5 rings (SSSR count). The molecule has 130 valence electrons. The van der Waals surface area contributed by atoms with Crippen LogP contribution in [-0.4, -0.2) is 31.0 Å². The van der Waals surface area contributed by atoms with Gasteiger partial charge in [-0.05, 0) is 35.4 Å². The van der Waals surface area contributed by atoms with Crippen LogP contribution in [0.2, 0.25) is 0 Å². The second kappa shape index (κ2) is 5.74. The first kappa shape index (κ1) is 15.2. The van der Waals surface area contributed by atoms with Crippen molar-refractivity contribution in [1.29, 1.82) is 0 Å². The SMILES string of the molecule is Nc1nc2ccccc2c2nc(CCN3Cc4ccc(F)cc4C3)nn12. The number of nitrogen functional groups attached to an aromatic ring is 1. The highest BCUT2D eigenvalue weighted by atomic mass is 19.1. The molecule has 26 heavy (non-hydrogen) atoms. The van der Waals surface area contributed by atoms with Crippen molar-refractivity contribution in [2.75, 3.05) is 12.3 Å². The van der Waals surface area contributed by atoms with E-state index < -0.39 is 0 Å². The summed E-state index contributed by atoms with van der Waals surface area (Å²) in [6.45, 7) is 2.39. The second-order valence-corrected chi connectivity index (χ2v) is 6.62. The lowest BCUT2D eigenvalue weighted by Crippen LogP contribution is -2.19. The van der Waals surface area contributed by atoms with Gasteiger partial charge in [-0.2, -0.15) is 4.52 Å². The molecule has 0 bridgehead atoms. The Hall–Kier alpha value is -3.06. The van der Waals surface area contributed by atoms with Crippen LogP contribution in [0.1, 0.15) is 17.0 Å². The number of anilines is 1. The standard InChI is InChI=1S/C19H17FN6/c20-14-6-5-12-10-25(11-13(12)9-14)8-7-17-23-18-15-3-1-2-4-16(15)22-19(21)26(18)24-17/h1-6,9H,7-8,10-11H2,(H2,21,22). The van der Waals surface area contributed by atoms with E-state index in [2.05, 4.69) is 20.0 Å². The smallest absolute Gasteiger partial charge is 0.223 e. The molecule has 0 amide bonds. The van der Waals surface area contributed by atoms with Crippen molar-refractivity contribution in [3.8, 4) is 0 Å². The Morgan fingerprint density at radius 1 is 1.04 bits per heavy atom. The molecule has 0 saturated heterocycles. The van der Waals surface area contributed by atoms with E-state index in [-0.39, 0.29) is 5.82 Å². The molecule has 2 N–H and O–H groups in total. The van der Waals surface area contributed by atoms with E-state index in [0.717, 1.165) is 47.6 Å². The summed E-state index contributed by atoms with van der Waals surface area (Å²) >= 11 is 0. The van der Waals surface area contributed by atoms with Crippen LogP contribution in [0.3, 0.4) is 0 Å². The van der Waals surface area contributed by atoms with Gasteiger partial charge >= 0.3 is 0 Å². The fourth-order valence-electron chi connectivity index (χ4n) is 3.58. The summed E-state index contributed by atoms with van der Waals surface area (Å²) in [5.41, 5.74) is 9.82. The van der Waals surface area contributed by atoms with Gasteiger partial charge in [0.2, 0.25) is 5.95 Å². The van der Waals surface area contributed by atoms with E-state index in [0.29, 0.717) is 12.4 Å². The molecule has 0 radical (unpaired) electrons. The molecule has 1 aliphatic heterocycles. The Morgan fingerprint density at radius 3 is 2.81 bits per heavy atom. The van der Waals surface area contributed by atoms with E-state index in [1.54, 1.807) is 10.6 Å². The third-order valence-electron chi connectivity index (χ3n) is 4.86. The number of halogens is 1. The van der Waals surface area contributed by atoms with Gasteiger partial charge in [0.15, 0.2) is 11.5 Å². The highest BCUT2D eigenvalue weighted by Gasteiger charge is 2.20. The van der Waals surface area contributed by atoms with Gasteiger partial charge in [-0.3, -0.25) is 4.90 Å². The molecule has 2 aromatic heterocycles. The van der Waals surface area contributed by atoms with Crippen molar-refractivity contribution >= 4 is 22.5 Å². The first-order valence-electron chi connectivity index (χ1n) is 8.57. The van der Waals surface area contributed by atoms with Crippen LogP contribution in [-0.2, 0) is 19.5 Å².